The van der Waals surface area contributed by atoms with Crippen LogP contribution in [0.2, 0.25) is 0 Å². The van der Waals surface area contributed by atoms with Gasteiger partial charge in [0.05, 0.1) is 23.9 Å². The summed E-state index contributed by atoms with van der Waals surface area (Å²) in [6.07, 6.45) is 11.7. The number of rotatable bonds is 8. The van der Waals surface area contributed by atoms with Crippen molar-refractivity contribution < 1.29 is 9.53 Å². The number of carbonyl (C=O) groups is 1. The van der Waals surface area contributed by atoms with Gasteiger partial charge in [0, 0.05) is 24.7 Å². The Morgan fingerprint density at radius 2 is 2.27 bits per heavy atom. The number of carbonyl (C=O) groups excluding carboxylic acids is 1. The number of thiophene rings is 1. The van der Waals surface area contributed by atoms with Crippen LogP contribution in [-0.2, 0) is 16.1 Å². The highest BCUT2D eigenvalue weighted by Crippen LogP contribution is 2.31. The van der Waals surface area contributed by atoms with Gasteiger partial charge >= 0.3 is 0 Å². The van der Waals surface area contributed by atoms with E-state index in [2.05, 4.69) is 16.4 Å². The van der Waals surface area contributed by atoms with Crippen LogP contribution in [0, 0.1) is 0 Å². The highest BCUT2D eigenvalue weighted by Gasteiger charge is 2.22. The molecule has 0 radical (unpaired) electrons. The number of hydrogen-bond donors (Lipinski definition) is 1. The minimum Gasteiger partial charge on any atom is -0.376 e. The van der Waals surface area contributed by atoms with E-state index < -0.39 is 0 Å². The van der Waals surface area contributed by atoms with Crippen molar-refractivity contribution >= 4 is 49.4 Å². The molecule has 0 saturated carbocycles. The molecule has 7 nitrogen and oxygen atoms in total. The third kappa shape index (κ3) is 5.15. The summed E-state index contributed by atoms with van der Waals surface area (Å²) in [4.78, 5) is 36.0. The number of pyridine rings is 1. The zero-order valence-electron chi connectivity index (χ0n) is 18.5. The molecular weight excluding hydrogens is 456 g/mol. The molecule has 1 atom stereocenters. The van der Waals surface area contributed by atoms with Crippen LogP contribution in [0.25, 0.3) is 20.4 Å². The molecule has 174 valence electrons. The molecule has 9 heteroatoms. The van der Waals surface area contributed by atoms with Crippen molar-refractivity contribution in [2.75, 3.05) is 18.9 Å². The van der Waals surface area contributed by atoms with Crippen molar-refractivity contribution in [1.29, 1.82) is 0 Å². The Kier molecular flexibility index (Phi) is 7.08. The molecule has 1 saturated heterocycles. The van der Waals surface area contributed by atoms with E-state index in [4.69, 9.17) is 9.72 Å². The van der Waals surface area contributed by atoms with Crippen molar-refractivity contribution in [2.24, 2.45) is 0 Å². The fourth-order valence-electron chi connectivity index (χ4n) is 4.48. The van der Waals surface area contributed by atoms with Crippen LogP contribution < -0.4 is 10.9 Å². The van der Waals surface area contributed by atoms with E-state index in [0.717, 1.165) is 48.9 Å². The van der Waals surface area contributed by atoms with Gasteiger partial charge in [-0.05, 0) is 57.1 Å². The molecule has 5 rings (SSSR count). The minimum absolute atomic E-state index is 0.00592. The van der Waals surface area contributed by atoms with Crippen LogP contribution in [0.3, 0.4) is 0 Å². The van der Waals surface area contributed by atoms with Crippen molar-refractivity contribution in [3.63, 3.8) is 0 Å². The van der Waals surface area contributed by atoms with Crippen LogP contribution in [0.15, 0.2) is 39.9 Å². The molecule has 0 spiro atoms. The molecule has 2 aliphatic rings. The summed E-state index contributed by atoms with van der Waals surface area (Å²) in [6.45, 7) is 1.84. The first-order valence-corrected chi connectivity index (χ1v) is 13.5. The molecule has 1 aliphatic carbocycles. The van der Waals surface area contributed by atoms with Crippen molar-refractivity contribution in [3.8, 4) is 0 Å². The number of allylic oxidation sites excluding steroid dienone is 1. The molecule has 1 aliphatic heterocycles. The van der Waals surface area contributed by atoms with Gasteiger partial charge in [-0.15, -0.1) is 11.3 Å². The van der Waals surface area contributed by atoms with Crippen molar-refractivity contribution in [1.82, 2.24) is 19.9 Å². The van der Waals surface area contributed by atoms with E-state index in [1.54, 1.807) is 10.8 Å². The molecular formula is C24H28N4O3S2. The number of hydrogen-bond acceptors (Lipinski definition) is 7. The Labute approximate surface area is 200 Å². The van der Waals surface area contributed by atoms with Gasteiger partial charge in [-0.3, -0.25) is 14.2 Å². The fourth-order valence-corrected chi connectivity index (χ4v) is 6.34. The Balaban J connectivity index is 1.34. The van der Waals surface area contributed by atoms with Gasteiger partial charge in [0.25, 0.3) is 5.56 Å². The molecule has 1 N–H and O–H groups in total. The zero-order valence-corrected chi connectivity index (χ0v) is 20.2. The standard InChI is InChI=1S/C24H28N4O3S2/c29-19(25-12-10-16-6-2-1-3-7-16)15-32-24-27-20-18-9-4-11-26-22(18)33-21(20)23(30)28(24)14-17-8-5-13-31-17/h4,6,9,11,17H,1-3,5,7-8,10,12-15H2,(H,25,29)/t17-/m0/s1. The maximum Gasteiger partial charge on any atom is 0.272 e. The van der Waals surface area contributed by atoms with Gasteiger partial charge in [-0.25, -0.2) is 9.97 Å². The minimum atomic E-state index is -0.0781. The highest BCUT2D eigenvalue weighted by atomic mass is 32.2. The molecule has 1 amide bonds. The Morgan fingerprint density at radius 1 is 1.33 bits per heavy atom. The average molecular weight is 485 g/mol. The summed E-state index contributed by atoms with van der Waals surface area (Å²) >= 11 is 2.70. The van der Waals surface area contributed by atoms with E-state index in [-0.39, 0.29) is 23.3 Å². The number of aromatic nitrogens is 3. The summed E-state index contributed by atoms with van der Waals surface area (Å²) in [5, 5.41) is 4.47. The van der Waals surface area contributed by atoms with Gasteiger partial charge < -0.3 is 10.1 Å². The fraction of sp³-hybridized carbons (Fsp3) is 0.500. The number of amides is 1. The van der Waals surface area contributed by atoms with Crippen molar-refractivity contribution in [3.05, 3.63) is 40.3 Å². The topological polar surface area (TPSA) is 86.1 Å². The molecule has 3 aromatic heterocycles. The SMILES string of the molecule is O=C(CSc1nc2c(sc3ncccc32)c(=O)n1C[C@@H]1CCCO1)NCCC1=CCCCC1. The van der Waals surface area contributed by atoms with Gasteiger partial charge in [-0.1, -0.05) is 23.4 Å². The molecule has 33 heavy (non-hydrogen) atoms. The first kappa shape index (κ1) is 22.6. The number of fused-ring (bicyclic) bond motifs is 3. The Morgan fingerprint density at radius 3 is 3.09 bits per heavy atom. The summed E-state index contributed by atoms with van der Waals surface area (Å²) < 4.78 is 8.08. The predicted molar refractivity (Wildman–Crippen MR) is 133 cm³/mol. The monoisotopic (exact) mass is 484 g/mol. The van der Waals surface area contributed by atoms with Crippen LogP contribution in [-0.4, -0.2) is 45.5 Å². The van der Waals surface area contributed by atoms with Crippen LogP contribution >= 0.6 is 23.1 Å². The van der Waals surface area contributed by atoms with Crippen LogP contribution in [0.5, 0.6) is 0 Å². The van der Waals surface area contributed by atoms with Crippen molar-refractivity contribution in [2.45, 2.75) is 62.8 Å². The highest BCUT2D eigenvalue weighted by molar-refractivity contribution is 7.99. The van der Waals surface area contributed by atoms with E-state index in [1.165, 1.54) is 41.5 Å². The lowest BCUT2D eigenvalue weighted by Gasteiger charge is -2.16. The molecule has 0 unspecified atom stereocenters. The van der Waals surface area contributed by atoms with E-state index in [1.807, 2.05) is 12.1 Å². The van der Waals surface area contributed by atoms with Crippen LogP contribution in [0.4, 0.5) is 0 Å². The second-order valence-electron chi connectivity index (χ2n) is 8.58. The normalized spacial score (nSPS) is 18.7. The number of ether oxygens (including phenoxy) is 1. The third-order valence-corrected chi connectivity index (χ3v) is 8.28. The lowest BCUT2D eigenvalue weighted by Crippen LogP contribution is -2.30. The lowest BCUT2D eigenvalue weighted by atomic mass is 9.97. The summed E-state index contributed by atoms with van der Waals surface area (Å²) in [5.41, 5.74) is 2.04. The average Bonchev–Trinajstić information content (AvgIpc) is 3.48. The zero-order chi connectivity index (χ0) is 22.6. The maximum absolute atomic E-state index is 13.4. The van der Waals surface area contributed by atoms with Gasteiger partial charge in [0.1, 0.15) is 9.53 Å². The molecule has 3 aromatic rings. The largest absolute Gasteiger partial charge is 0.376 e. The van der Waals surface area contributed by atoms with E-state index >= 15 is 0 Å². The van der Waals surface area contributed by atoms with Gasteiger partial charge in [0.15, 0.2) is 5.16 Å². The quantitative estimate of drug-likeness (QED) is 0.292. The molecule has 4 heterocycles. The molecule has 1 fully saturated rings. The van der Waals surface area contributed by atoms with Crippen LogP contribution in [0.1, 0.15) is 44.9 Å². The summed E-state index contributed by atoms with van der Waals surface area (Å²) in [5.74, 6) is 0.189. The maximum atomic E-state index is 13.4. The second-order valence-corrected chi connectivity index (χ2v) is 10.5. The Hall–Kier alpha value is -2.23. The van der Waals surface area contributed by atoms with Gasteiger partial charge in [0.2, 0.25) is 5.91 Å². The summed E-state index contributed by atoms with van der Waals surface area (Å²) in [7, 11) is 0. The Bertz CT molecular complexity index is 1240. The molecule has 0 aromatic carbocycles. The van der Waals surface area contributed by atoms with E-state index in [0.29, 0.717) is 28.5 Å². The number of nitrogens with zero attached hydrogens (tertiary/aromatic N) is 3. The number of thioether (sulfide) groups is 1. The third-order valence-electron chi connectivity index (χ3n) is 6.21. The molecule has 0 bridgehead atoms. The lowest BCUT2D eigenvalue weighted by molar-refractivity contribution is -0.118. The first-order valence-electron chi connectivity index (χ1n) is 11.7. The summed E-state index contributed by atoms with van der Waals surface area (Å²) in [6, 6.07) is 3.80. The van der Waals surface area contributed by atoms with E-state index in [9.17, 15) is 9.59 Å². The second kappa shape index (κ2) is 10.4. The number of nitrogens with one attached hydrogen (secondary N) is 1. The predicted octanol–water partition coefficient (Wildman–Crippen LogP) is 4.28. The van der Waals surface area contributed by atoms with Gasteiger partial charge in [-0.2, -0.15) is 0 Å². The first-order chi connectivity index (χ1) is 16.2. The smallest absolute Gasteiger partial charge is 0.272 e.